The van der Waals surface area contributed by atoms with Crippen molar-refractivity contribution in [3.8, 4) is 5.75 Å². The van der Waals surface area contributed by atoms with E-state index in [2.05, 4.69) is 20.8 Å². The molecular formula is C28H35NO4. The zero-order valence-electron chi connectivity index (χ0n) is 19.8. The molecule has 5 rings (SSSR count). The maximum Gasteiger partial charge on any atom is 0.178 e. The molecule has 5 heteroatoms. The van der Waals surface area contributed by atoms with Gasteiger partial charge in [-0.1, -0.05) is 32.4 Å². The maximum absolute atomic E-state index is 13.3. The highest BCUT2D eigenvalue weighted by Gasteiger charge is 2.63. The van der Waals surface area contributed by atoms with E-state index in [1.807, 2.05) is 6.08 Å². The quantitative estimate of drug-likeness (QED) is 0.667. The Morgan fingerprint density at radius 3 is 2.67 bits per heavy atom. The summed E-state index contributed by atoms with van der Waals surface area (Å²) in [6.07, 6.45) is 8.47. The second-order valence-electron chi connectivity index (χ2n) is 11.3. The fourth-order valence-corrected chi connectivity index (χ4v) is 8.10. The molecule has 176 valence electrons. The lowest BCUT2D eigenvalue weighted by Crippen LogP contribution is -2.57. The zero-order valence-corrected chi connectivity index (χ0v) is 19.8. The summed E-state index contributed by atoms with van der Waals surface area (Å²) in [5.74, 6) is 1.83. The van der Waals surface area contributed by atoms with Gasteiger partial charge in [0.1, 0.15) is 12.4 Å². The number of rotatable bonds is 4. The second kappa shape index (κ2) is 7.83. The Labute approximate surface area is 196 Å². The predicted octanol–water partition coefficient (Wildman–Crippen LogP) is 4.36. The molecule has 3 fully saturated rings. The van der Waals surface area contributed by atoms with Crippen LogP contribution >= 0.6 is 0 Å². The first kappa shape index (κ1) is 22.4. The summed E-state index contributed by atoms with van der Waals surface area (Å²) in [4.78, 5) is 25.4. The molecule has 1 aromatic carbocycles. The van der Waals surface area contributed by atoms with E-state index < -0.39 is 6.10 Å². The topological polar surface area (TPSA) is 89.6 Å². The molecule has 0 saturated heterocycles. The Bertz CT molecular complexity index is 1030. The molecule has 5 nitrogen and oxygen atoms in total. The monoisotopic (exact) mass is 449 g/mol. The third-order valence-corrected chi connectivity index (χ3v) is 9.46. The third kappa shape index (κ3) is 3.47. The fraction of sp³-hybridized carbons (Fsp3) is 0.571. The molecule has 0 amide bonds. The van der Waals surface area contributed by atoms with Crippen molar-refractivity contribution in [2.75, 3.05) is 12.3 Å². The molecule has 0 radical (unpaired) electrons. The van der Waals surface area contributed by atoms with Gasteiger partial charge in [-0.3, -0.25) is 9.59 Å². The number of benzene rings is 1. The van der Waals surface area contributed by atoms with Gasteiger partial charge in [0.05, 0.1) is 6.10 Å². The van der Waals surface area contributed by atoms with E-state index >= 15 is 0 Å². The molecule has 3 saturated carbocycles. The lowest BCUT2D eigenvalue weighted by atomic mass is 9.45. The van der Waals surface area contributed by atoms with Crippen LogP contribution in [-0.2, 0) is 9.59 Å². The van der Waals surface area contributed by atoms with Gasteiger partial charge in [0, 0.05) is 22.9 Å². The molecule has 33 heavy (non-hydrogen) atoms. The smallest absolute Gasteiger partial charge is 0.178 e. The van der Waals surface area contributed by atoms with Gasteiger partial charge >= 0.3 is 0 Å². The summed E-state index contributed by atoms with van der Waals surface area (Å²) >= 11 is 0. The van der Waals surface area contributed by atoms with E-state index in [0.717, 1.165) is 19.3 Å². The number of aliphatic hydroxyl groups excluding tert-OH is 1. The standard InChI is InChI=1S/C28H35NO4/c1-16-12-20-21-8-9-22(25(32)15-33-19-6-4-17(29)5-7-19)28(21,3)14-24(31)26(20)27(2)11-10-18(30)13-23(16)27/h4-7,10-11,13,16,20-22,24,26,31H,8-9,12,14-15,29H2,1-3H3/t16-,20-,21-,22+,24-,26+,27-,28-/m0/s1. The number of hydrogen-bond acceptors (Lipinski definition) is 5. The van der Waals surface area contributed by atoms with E-state index in [1.165, 1.54) is 5.57 Å². The van der Waals surface area contributed by atoms with E-state index in [1.54, 1.807) is 36.4 Å². The second-order valence-corrected chi connectivity index (χ2v) is 11.3. The van der Waals surface area contributed by atoms with Gasteiger partial charge in [-0.05, 0) is 85.3 Å². The molecule has 0 bridgehead atoms. The highest BCUT2D eigenvalue weighted by atomic mass is 16.5. The number of ketones is 2. The number of Topliss-reactive ketones (excluding diaryl/α,β-unsaturated/α-hetero) is 1. The first-order valence-corrected chi connectivity index (χ1v) is 12.3. The lowest BCUT2D eigenvalue weighted by molar-refractivity contribution is -0.142. The summed E-state index contributed by atoms with van der Waals surface area (Å²) < 4.78 is 5.79. The average Bonchev–Trinajstić information content (AvgIpc) is 3.11. The third-order valence-electron chi connectivity index (χ3n) is 9.46. The molecule has 0 unspecified atom stereocenters. The summed E-state index contributed by atoms with van der Waals surface area (Å²) in [5, 5.41) is 11.5. The summed E-state index contributed by atoms with van der Waals surface area (Å²) in [5.41, 5.74) is 7.04. The molecule has 8 atom stereocenters. The molecule has 1 aromatic rings. The zero-order chi connectivity index (χ0) is 23.5. The van der Waals surface area contributed by atoms with Crippen LogP contribution in [-0.4, -0.2) is 29.4 Å². The van der Waals surface area contributed by atoms with E-state index in [9.17, 15) is 14.7 Å². The Kier molecular flexibility index (Phi) is 5.32. The van der Waals surface area contributed by atoms with Crippen molar-refractivity contribution < 1.29 is 19.4 Å². The summed E-state index contributed by atoms with van der Waals surface area (Å²) in [6.45, 7) is 6.67. The highest BCUT2D eigenvalue weighted by Crippen LogP contribution is 2.66. The number of fused-ring (bicyclic) bond motifs is 5. The Morgan fingerprint density at radius 1 is 1.21 bits per heavy atom. The first-order chi connectivity index (χ1) is 15.6. The number of aliphatic hydroxyl groups is 1. The highest BCUT2D eigenvalue weighted by molar-refractivity contribution is 6.01. The molecule has 0 spiro atoms. The van der Waals surface area contributed by atoms with Gasteiger partial charge in [-0.15, -0.1) is 0 Å². The Balaban J connectivity index is 1.38. The van der Waals surface area contributed by atoms with E-state index in [0.29, 0.717) is 35.6 Å². The molecular weight excluding hydrogens is 414 g/mol. The van der Waals surface area contributed by atoms with Crippen molar-refractivity contribution in [1.29, 1.82) is 0 Å². The number of hydrogen-bond donors (Lipinski definition) is 2. The summed E-state index contributed by atoms with van der Waals surface area (Å²) in [7, 11) is 0. The number of nitrogens with two attached hydrogens (primary N) is 1. The molecule has 0 heterocycles. The minimum absolute atomic E-state index is 0.0486. The van der Waals surface area contributed by atoms with Crippen LogP contribution in [0.15, 0.2) is 48.1 Å². The molecule has 3 N–H and O–H groups in total. The van der Waals surface area contributed by atoms with Crippen molar-refractivity contribution in [2.45, 2.75) is 52.6 Å². The van der Waals surface area contributed by atoms with Crippen LogP contribution in [0, 0.1) is 40.4 Å². The normalized spacial score (nSPS) is 41.6. The Morgan fingerprint density at radius 2 is 1.94 bits per heavy atom. The summed E-state index contributed by atoms with van der Waals surface area (Å²) in [6, 6.07) is 7.11. The van der Waals surface area contributed by atoms with Crippen molar-refractivity contribution in [1.82, 2.24) is 0 Å². The average molecular weight is 450 g/mol. The predicted molar refractivity (Wildman–Crippen MR) is 127 cm³/mol. The number of allylic oxidation sites excluding steroid dienone is 4. The minimum Gasteiger partial charge on any atom is -0.486 e. The van der Waals surface area contributed by atoms with Gasteiger partial charge in [-0.2, -0.15) is 0 Å². The molecule has 0 aliphatic heterocycles. The van der Waals surface area contributed by atoms with Crippen molar-refractivity contribution in [2.24, 2.45) is 40.4 Å². The van der Waals surface area contributed by atoms with Crippen molar-refractivity contribution in [3.63, 3.8) is 0 Å². The minimum atomic E-state index is -0.499. The largest absolute Gasteiger partial charge is 0.486 e. The first-order valence-electron chi connectivity index (χ1n) is 12.3. The number of ether oxygens (including phenoxy) is 1. The van der Waals surface area contributed by atoms with Crippen LogP contribution in [0.2, 0.25) is 0 Å². The van der Waals surface area contributed by atoms with Gasteiger partial charge in [0.25, 0.3) is 0 Å². The van der Waals surface area contributed by atoms with Gasteiger partial charge in [-0.25, -0.2) is 0 Å². The van der Waals surface area contributed by atoms with Crippen LogP contribution < -0.4 is 10.5 Å². The van der Waals surface area contributed by atoms with Crippen LogP contribution in [0.25, 0.3) is 0 Å². The molecule has 4 aliphatic rings. The Hall–Kier alpha value is -2.40. The van der Waals surface area contributed by atoms with Crippen LogP contribution in [0.5, 0.6) is 5.75 Å². The van der Waals surface area contributed by atoms with Crippen LogP contribution in [0.4, 0.5) is 5.69 Å². The SMILES string of the molecule is C[C@H]1C[C@@H]2[C@H]([C@@H](O)C[C@]3(C)[C@@H](C(=O)COc4ccc(N)cc4)CC[C@@H]23)[C@@]2(C)C=CC(=O)C=C12. The number of carbonyl (C=O) groups excluding carboxylic acids is 2. The van der Waals surface area contributed by atoms with Gasteiger partial charge in [0.15, 0.2) is 11.6 Å². The van der Waals surface area contributed by atoms with Crippen LogP contribution in [0.3, 0.4) is 0 Å². The number of anilines is 1. The van der Waals surface area contributed by atoms with E-state index in [-0.39, 0.29) is 40.8 Å². The van der Waals surface area contributed by atoms with Gasteiger partial charge in [0.2, 0.25) is 0 Å². The molecule has 0 aromatic heterocycles. The number of carbonyl (C=O) groups is 2. The van der Waals surface area contributed by atoms with Gasteiger partial charge < -0.3 is 15.6 Å². The van der Waals surface area contributed by atoms with Crippen molar-refractivity contribution in [3.05, 3.63) is 48.1 Å². The van der Waals surface area contributed by atoms with Crippen molar-refractivity contribution >= 4 is 17.3 Å². The molecule has 4 aliphatic carbocycles. The lowest BCUT2D eigenvalue weighted by Gasteiger charge is -2.60. The van der Waals surface area contributed by atoms with Crippen LogP contribution in [0.1, 0.15) is 46.5 Å². The number of nitrogen functional groups attached to an aromatic ring is 1. The fourth-order valence-electron chi connectivity index (χ4n) is 8.10. The maximum atomic E-state index is 13.3. The van der Waals surface area contributed by atoms with E-state index in [4.69, 9.17) is 10.5 Å².